The van der Waals surface area contributed by atoms with Crippen LogP contribution in [0.1, 0.15) is 0 Å². The lowest BCUT2D eigenvalue weighted by Gasteiger charge is -2.10. The Morgan fingerprint density at radius 3 is 2.63 bits per heavy atom. The molecule has 2 rings (SSSR count). The van der Waals surface area contributed by atoms with Crippen LogP contribution in [0.15, 0.2) is 46.2 Å². The van der Waals surface area contributed by atoms with Gasteiger partial charge in [-0.25, -0.2) is 9.97 Å². The van der Waals surface area contributed by atoms with Crippen LogP contribution in [0.2, 0.25) is 0 Å². The van der Waals surface area contributed by atoms with Crippen molar-refractivity contribution in [3.05, 3.63) is 41.1 Å². The molecule has 0 radical (unpaired) electrons. The normalized spacial score (nSPS) is 11.1. The van der Waals surface area contributed by atoms with E-state index in [1.165, 1.54) is 12.4 Å². The third kappa shape index (κ3) is 3.21. The number of aromatic nitrogens is 2. The van der Waals surface area contributed by atoms with Crippen molar-refractivity contribution in [2.75, 3.05) is 17.1 Å². The van der Waals surface area contributed by atoms with Crippen LogP contribution < -0.4 is 10.0 Å². The molecule has 0 bridgehead atoms. The minimum Gasteiger partial charge on any atom is -0.386 e. The zero-order valence-electron chi connectivity index (χ0n) is 9.96. The van der Waals surface area contributed by atoms with E-state index >= 15 is 0 Å². The number of nitrogens with one attached hydrogen (secondary N) is 2. The molecule has 0 aromatic carbocycles. The van der Waals surface area contributed by atoms with Gasteiger partial charge in [0.2, 0.25) is 0 Å². The number of hydrogen-bond acceptors (Lipinski definition) is 5. The van der Waals surface area contributed by atoms with Crippen molar-refractivity contribution >= 4 is 37.5 Å². The number of rotatable bonds is 4. The Balaban J connectivity index is 2.35. The molecular weight excluding hydrogens is 332 g/mol. The SMILES string of the molecule is CNc1cccnc1S(=O)(=O)Nc1ccc(Br)cn1. The van der Waals surface area contributed by atoms with Crippen LogP contribution >= 0.6 is 15.9 Å². The van der Waals surface area contributed by atoms with Crippen molar-refractivity contribution in [1.82, 2.24) is 9.97 Å². The maximum atomic E-state index is 12.2. The molecule has 0 unspecified atom stereocenters. The lowest BCUT2D eigenvalue weighted by Crippen LogP contribution is -2.16. The maximum absolute atomic E-state index is 12.2. The van der Waals surface area contributed by atoms with E-state index < -0.39 is 10.0 Å². The summed E-state index contributed by atoms with van der Waals surface area (Å²) in [7, 11) is -2.14. The van der Waals surface area contributed by atoms with Crippen molar-refractivity contribution in [3.8, 4) is 0 Å². The first-order chi connectivity index (χ1) is 9.03. The van der Waals surface area contributed by atoms with E-state index in [4.69, 9.17) is 0 Å². The summed E-state index contributed by atoms with van der Waals surface area (Å²) in [6, 6.07) is 6.55. The standard InChI is InChI=1S/C11H11BrN4O2S/c1-13-9-3-2-6-14-11(9)19(17,18)16-10-5-4-8(12)7-15-10/h2-7,13H,1H3,(H,15,16). The predicted octanol–water partition coefficient (Wildman–Crippen LogP) is 2.08. The number of hydrogen-bond donors (Lipinski definition) is 2. The molecule has 19 heavy (non-hydrogen) atoms. The van der Waals surface area contributed by atoms with E-state index in [2.05, 4.69) is 35.9 Å². The van der Waals surface area contributed by atoms with Crippen molar-refractivity contribution in [3.63, 3.8) is 0 Å². The number of pyridine rings is 2. The summed E-state index contributed by atoms with van der Waals surface area (Å²) in [5.74, 6) is 0.232. The van der Waals surface area contributed by atoms with Crippen LogP contribution in [0.5, 0.6) is 0 Å². The van der Waals surface area contributed by atoms with Gasteiger partial charge in [-0.2, -0.15) is 8.42 Å². The first-order valence-corrected chi connectivity index (χ1v) is 7.58. The molecule has 2 aromatic rings. The van der Waals surface area contributed by atoms with E-state index in [9.17, 15) is 8.42 Å². The Morgan fingerprint density at radius 1 is 1.21 bits per heavy atom. The van der Waals surface area contributed by atoms with Gasteiger partial charge in [0.15, 0.2) is 5.03 Å². The lowest BCUT2D eigenvalue weighted by atomic mass is 10.4. The summed E-state index contributed by atoms with van der Waals surface area (Å²) in [6.45, 7) is 0. The second-order valence-corrected chi connectivity index (χ2v) is 6.09. The highest BCUT2D eigenvalue weighted by Crippen LogP contribution is 2.20. The molecule has 2 aromatic heterocycles. The Hall–Kier alpha value is -1.67. The molecule has 0 aliphatic carbocycles. The fourth-order valence-corrected chi connectivity index (χ4v) is 2.80. The van der Waals surface area contributed by atoms with Crippen LogP contribution in [0.4, 0.5) is 11.5 Å². The zero-order chi connectivity index (χ0) is 13.9. The van der Waals surface area contributed by atoms with Crippen molar-refractivity contribution < 1.29 is 8.42 Å². The minimum atomic E-state index is -3.77. The van der Waals surface area contributed by atoms with Crippen molar-refractivity contribution in [2.24, 2.45) is 0 Å². The van der Waals surface area contributed by atoms with Gasteiger partial charge in [-0.05, 0) is 40.2 Å². The first kappa shape index (κ1) is 13.8. The summed E-state index contributed by atoms with van der Waals surface area (Å²) >= 11 is 3.23. The fourth-order valence-electron chi connectivity index (χ4n) is 1.42. The summed E-state index contributed by atoms with van der Waals surface area (Å²) < 4.78 is 27.5. The molecule has 0 fully saturated rings. The molecule has 0 saturated carbocycles. The van der Waals surface area contributed by atoms with Gasteiger partial charge in [-0.15, -0.1) is 0 Å². The Morgan fingerprint density at radius 2 is 2.00 bits per heavy atom. The third-order valence-corrected chi connectivity index (χ3v) is 4.04. The molecule has 2 heterocycles. The van der Waals surface area contributed by atoms with Crippen LogP contribution in [0, 0.1) is 0 Å². The van der Waals surface area contributed by atoms with E-state index in [1.807, 2.05) is 0 Å². The van der Waals surface area contributed by atoms with Gasteiger partial charge >= 0.3 is 0 Å². The summed E-state index contributed by atoms with van der Waals surface area (Å²) in [5.41, 5.74) is 0.423. The topological polar surface area (TPSA) is 84.0 Å². The molecule has 0 atom stereocenters. The third-order valence-electron chi connectivity index (χ3n) is 2.26. The van der Waals surface area contributed by atoms with Crippen molar-refractivity contribution in [1.29, 1.82) is 0 Å². The largest absolute Gasteiger partial charge is 0.386 e. The second kappa shape index (κ2) is 5.54. The molecule has 6 nitrogen and oxygen atoms in total. The molecule has 0 aliphatic heterocycles. The highest BCUT2D eigenvalue weighted by atomic mass is 79.9. The molecule has 0 amide bonds. The fraction of sp³-hybridized carbons (Fsp3) is 0.0909. The second-order valence-electron chi connectivity index (χ2n) is 3.57. The highest BCUT2D eigenvalue weighted by Gasteiger charge is 2.20. The zero-order valence-corrected chi connectivity index (χ0v) is 12.4. The van der Waals surface area contributed by atoms with E-state index in [-0.39, 0.29) is 10.8 Å². The summed E-state index contributed by atoms with van der Waals surface area (Å²) in [6.07, 6.45) is 2.93. The smallest absolute Gasteiger partial charge is 0.282 e. The van der Waals surface area contributed by atoms with Crippen LogP contribution in [-0.4, -0.2) is 25.4 Å². The maximum Gasteiger partial charge on any atom is 0.282 e. The Bertz CT molecular complexity index is 673. The van der Waals surface area contributed by atoms with E-state index in [0.29, 0.717) is 5.69 Å². The van der Waals surface area contributed by atoms with Gasteiger partial charge in [0, 0.05) is 23.9 Å². The average Bonchev–Trinajstić information content (AvgIpc) is 2.41. The van der Waals surface area contributed by atoms with Gasteiger partial charge in [0.1, 0.15) is 5.82 Å². The average molecular weight is 343 g/mol. The molecular formula is C11H11BrN4O2S. The van der Waals surface area contributed by atoms with Crippen LogP contribution in [0.25, 0.3) is 0 Å². The Kier molecular flexibility index (Phi) is 4.01. The monoisotopic (exact) mass is 342 g/mol. The minimum absolute atomic E-state index is 0.0674. The summed E-state index contributed by atoms with van der Waals surface area (Å²) in [4.78, 5) is 7.84. The van der Waals surface area contributed by atoms with E-state index in [0.717, 1.165) is 4.47 Å². The lowest BCUT2D eigenvalue weighted by molar-refractivity contribution is 0.598. The summed E-state index contributed by atoms with van der Waals surface area (Å²) in [5, 5.41) is 2.72. The van der Waals surface area contributed by atoms with Gasteiger partial charge < -0.3 is 5.32 Å². The Labute approximate surface area is 119 Å². The highest BCUT2D eigenvalue weighted by molar-refractivity contribution is 9.10. The van der Waals surface area contributed by atoms with Gasteiger partial charge in [-0.1, -0.05) is 0 Å². The molecule has 2 N–H and O–H groups in total. The quantitative estimate of drug-likeness (QED) is 0.888. The number of anilines is 2. The molecule has 0 saturated heterocycles. The predicted molar refractivity (Wildman–Crippen MR) is 76.5 cm³/mol. The first-order valence-electron chi connectivity index (χ1n) is 5.30. The van der Waals surface area contributed by atoms with Crippen LogP contribution in [0.3, 0.4) is 0 Å². The number of sulfonamides is 1. The molecule has 0 spiro atoms. The van der Waals surface area contributed by atoms with Gasteiger partial charge in [0.25, 0.3) is 10.0 Å². The van der Waals surface area contributed by atoms with Crippen molar-refractivity contribution in [2.45, 2.75) is 5.03 Å². The van der Waals surface area contributed by atoms with Crippen LogP contribution in [-0.2, 0) is 10.0 Å². The molecule has 100 valence electrons. The number of halogens is 1. The molecule has 0 aliphatic rings. The van der Waals surface area contributed by atoms with Gasteiger partial charge in [-0.3, -0.25) is 4.72 Å². The molecule has 8 heteroatoms. The number of nitrogens with zero attached hydrogens (tertiary/aromatic N) is 2. The van der Waals surface area contributed by atoms with E-state index in [1.54, 1.807) is 31.3 Å². The van der Waals surface area contributed by atoms with Gasteiger partial charge in [0.05, 0.1) is 5.69 Å².